The van der Waals surface area contributed by atoms with Gasteiger partial charge < -0.3 is 10.8 Å². The van der Waals surface area contributed by atoms with Gasteiger partial charge in [-0.25, -0.2) is 4.79 Å². The highest BCUT2D eigenvalue weighted by molar-refractivity contribution is 5.87. The Hall–Kier alpha value is -3.21. The number of nitrogens with two attached hydrogens (primary N) is 1. The Balaban J connectivity index is 0.000000196. The largest absolute Gasteiger partial charge is 0.478 e. The lowest BCUT2D eigenvalue weighted by molar-refractivity contribution is 0.0697. The molecule has 3 rings (SSSR count). The molecule has 0 saturated carbocycles. The zero-order chi connectivity index (χ0) is 17.9. The molecule has 0 spiro atoms. The van der Waals surface area contributed by atoms with Crippen LogP contribution in [0.4, 0.5) is 5.69 Å². The molecule has 2 aromatic heterocycles. The van der Waals surface area contributed by atoms with Gasteiger partial charge in [-0.05, 0) is 78.9 Å². The zero-order valence-corrected chi connectivity index (χ0v) is 13.9. The fourth-order valence-corrected chi connectivity index (χ4v) is 2.22. The average Bonchev–Trinajstić information content (AvgIpc) is 2.64. The third-order valence-electron chi connectivity index (χ3n) is 3.59. The Kier molecular flexibility index (Phi) is 7.13. The topological polar surface area (TPSA) is 89.1 Å². The van der Waals surface area contributed by atoms with Gasteiger partial charge in [0.1, 0.15) is 0 Å². The van der Waals surface area contributed by atoms with E-state index in [1.54, 1.807) is 12.1 Å². The van der Waals surface area contributed by atoms with Gasteiger partial charge in [-0.2, -0.15) is 0 Å². The van der Waals surface area contributed by atoms with E-state index in [0.29, 0.717) is 5.69 Å². The minimum absolute atomic E-state index is 0.259. The number of aromatic nitrogens is 2. The van der Waals surface area contributed by atoms with E-state index >= 15 is 0 Å². The van der Waals surface area contributed by atoms with Crippen LogP contribution in [0.3, 0.4) is 0 Å². The summed E-state index contributed by atoms with van der Waals surface area (Å²) in [7, 11) is 0. The van der Waals surface area contributed by atoms with Gasteiger partial charge in [0, 0.05) is 30.5 Å². The average molecular weight is 335 g/mol. The van der Waals surface area contributed by atoms with Crippen molar-refractivity contribution in [1.82, 2.24) is 9.97 Å². The van der Waals surface area contributed by atoms with Gasteiger partial charge in [0.25, 0.3) is 0 Å². The van der Waals surface area contributed by atoms with E-state index in [-0.39, 0.29) is 5.56 Å². The van der Waals surface area contributed by atoms with Gasteiger partial charge in [0.05, 0.1) is 5.56 Å². The lowest BCUT2D eigenvalue weighted by Crippen LogP contribution is -1.95. The number of nitrogens with zero attached hydrogens (tertiary/aromatic N) is 2. The first-order valence-corrected chi connectivity index (χ1v) is 8.02. The van der Waals surface area contributed by atoms with E-state index in [1.165, 1.54) is 29.7 Å². The second-order valence-electron chi connectivity index (χ2n) is 5.49. The first kappa shape index (κ1) is 18.1. The number of carbonyl (C=O) groups is 1. The summed E-state index contributed by atoms with van der Waals surface area (Å²) in [6, 6.07) is 14.4. The molecule has 0 aliphatic rings. The number of pyridine rings is 2. The van der Waals surface area contributed by atoms with E-state index in [1.807, 2.05) is 24.8 Å². The predicted molar refractivity (Wildman–Crippen MR) is 98.3 cm³/mol. The standard InChI is InChI=1S/C13H14N2.C7H7NO2/c1(2-12-4-8-14-9-5-12)3-13-6-10-15-11-7-13;8-6-3-1-5(2-4-6)7(9)10/h4-11H,1-3H2;1-4H,8H2,(H,9,10). The first-order chi connectivity index (χ1) is 12.1. The molecule has 5 nitrogen and oxygen atoms in total. The maximum absolute atomic E-state index is 10.3. The van der Waals surface area contributed by atoms with Crippen LogP contribution >= 0.6 is 0 Å². The minimum Gasteiger partial charge on any atom is -0.478 e. The highest BCUT2D eigenvalue weighted by atomic mass is 16.4. The number of benzene rings is 1. The van der Waals surface area contributed by atoms with Crippen LogP contribution in [0.25, 0.3) is 0 Å². The lowest BCUT2D eigenvalue weighted by Gasteiger charge is -2.01. The van der Waals surface area contributed by atoms with E-state index < -0.39 is 5.97 Å². The van der Waals surface area contributed by atoms with Crippen LogP contribution in [0, 0.1) is 0 Å². The third-order valence-corrected chi connectivity index (χ3v) is 3.59. The van der Waals surface area contributed by atoms with Gasteiger partial charge in [-0.3, -0.25) is 9.97 Å². The fourth-order valence-electron chi connectivity index (χ4n) is 2.22. The van der Waals surface area contributed by atoms with Crippen molar-refractivity contribution in [3.63, 3.8) is 0 Å². The summed E-state index contributed by atoms with van der Waals surface area (Å²) in [4.78, 5) is 18.3. The van der Waals surface area contributed by atoms with Crippen LogP contribution in [0.1, 0.15) is 27.9 Å². The highest BCUT2D eigenvalue weighted by Crippen LogP contribution is 2.06. The van der Waals surface area contributed by atoms with Crippen LogP contribution in [-0.4, -0.2) is 21.0 Å². The van der Waals surface area contributed by atoms with Crippen molar-refractivity contribution in [2.75, 3.05) is 5.73 Å². The molecule has 0 bridgehead atoms. The zero-order valence-electron chi connectivity index (χ0n) is 13.9. The summed E-state index contributed by atoms with van der Waals surface area (Å²) in [5.41, 5.74) is 8.89. The molecule has 0 fully saturated rings. The molecule has 25 heavy (non-hydrogen) atoms. The second-order valence-corrected chi connectivity index (χ2v) is 5.49. The molecule has 3 N–H and O–H groups in total. The summed E-state index contributed by atoms with van der Waals surface area (Å²) >= 11 is 0. The third kappa shape index (κ3) is 6.83. The molecule has 0 unspecified atom stereocenters. The predicted octanol–water partition coefficient (Wildman–Crippen LogP) is 3.62. The van der Waals surface area contributed by atoms with Gasteiger partial charge in [0.2, 0.25) is 0 Å². The van der Waals surface area contributed by atoms with E-state index in [0.717, 1.165) is 12.8 Å². The molecule has 0 amide bonds. The maximum Gasteiger partial charge on any atom is 0.335 e. The summed E-state index contributed by atoms with van der Waals surface area (Å²) in [5, 5.41) is 8.43. The van der Waals surface area contributed by atoms with Crippen LogP contribution in [0.5, 0.6) is 0 Å². The molecular formula is C20H21N3O2. The van der Waals surface area contributed by atoms with Crippen molar-refractivity contribution in [3.05, 3.63) is 90.0 Å². The van der Waals surface area contributed by atoms with E-state index in [4.69, 9.17) is 10.8 Å². The fraction of sp³-hybridized carbons (Fsp3) is 0.150. The highest BCUT2D eigenvalue weighted by Gasteiger charge is 1.98. The second kappa shape index (κ2) is 9.82. The summed E-state index contributed by atoms with van der Waals surface area (Å²) in [5.74, 6) is -0.931. The number of rotatable bonds is 5. The molecule has 1 aromatic carbocycles. The molecule has 0 aliphatic heterocycles. The van der Waals surface area contributed by atoms with Gasteiger partial charge in [-0.15, -0.1) is 0 Å². The number of aryl methyl sites for hydroxylation is 2. The quantitative estimate of drug-likeness (QED) is 0.695. The van der Waals surface area contributed by atoms with Crippen molar-refractivity contribution in [3.8, 4) is 0 Å². The number of carboxylic acids is 1. The van der Waals surface area contributed by atoms with Crippen LogP contribution in [0.2, 0.25) is 0 Å². The Morgan fingerprint density at radius 3 is 1.64 bits per heavy atom. The molecule has 128 valence electrons. The van der Waals surface area contributed by atoms with Crippen molar-refractivity contribution in [2.45, 2.75) is 19.3 Å². The van der Waals surface area contributed by atoms with Crippen molar-refractivity contribution < 1.29 is 9.90 Å². The van der Waals surface area contributed by atoms with Gasteiger partial charge in [0.15, 0.2) is 0 Å². The summed E-state index contributed by atoms with van der Waals surface area (Å²) in [6.07, 6.45) is 10.8. The monoisotopic (exact) mass is 335 g/mol. The Labute approximate surface area is 147 Å². The SMILES string of the molecule is Nc1ccc(C(=O)O)cc1.c1cc(CCCc2ccncc2)ccn1. The normalized spacial score (nSPS) is 9.76. The number of anilines is 1. The molecular weight excluding hydrogens is 314 g/mol. The molecule has 0 atom stereocenters. The van der Waals surface area contributed by atoms with Gasteiger partial charge >= 0.3 is 5.97 Å². The van der Waals surface area contributed by atoms with Crippen LogP contribution in [0.15, 0.2) is 73.3 Å². The number of hydrogen-bond acceptors (Lipinski definition) is 4. The molecule has 0 saturated heterocycles. The molecule has 3 aromatic rings. The number of hydrogen-bond donors (Lipinski definition) is 2. The maximum atomic E-state index is 10.3. The molecule has 5 heteroatoms. The summed E-state index contributed by atoms with van der Waals surface area (Å²) in [6.45, 7) is 0. The lowest BCUT2D eigenvalue weighted by atomic mass is 10.1. The Bertz CT molecular complexity index is 720. The molecule has 0 aliphatic carbocycles. The Morgan fingerprint density at radius 2 is 1.24 bits per heavy atom. The van der Waals surface area contributed by atoms with E-state index in [9.17, 15) is 4.79 Å². The van der Waals surface area contributed by atoms with Crippen LogP contribution < -0.4 is 5.73 Å². The van der Waals surface area contributed by atoms with Gasteiger partial charge in [-0.1, -0.05) is 0 Å². The summed E-state index contributed by atoms with van der Waals surface area (Å²) < 4.78 is 0. The smallest absolute Gasteiger partial charge is 0.335 e. The Morgan fingerprint density at radius 1 is 0.800 bits per heavy atom. The van der Waals surface area contributed by atoms with Crippen molar-refractivity contribution >= 4 is 11.7 Å². The number of carboxylic acid groups (broad SMARTS) is 1. The van der Waals surface area contributed by atoms with Crippen LogP contribution in [-0.2, 0) is 12.8 Å². The number of aromatic carboxylic acids is 1. The minimum atomic E-state index is -0.931. The van der Waals surface area contributed by atoms with E-state index in [2.05, 4.69) is 34.2 Å². The van der Waals surface area contributed by atoms with Crippen molar-refractivity contribution in [2.24, 2.45) is 0 Å². The molecule has 2 heterocycles. The van der Waals surface area contributed by atoms with Crippen molar-refractivity contribution in [1.29, 1.82) is 0 Å². The molecule has 0 radical (unpaired) electrons. The first-order valence-electron chi connectivity index (χ1n) is 8.02. The number of nitrogen functional groups attached to an aromatic ring is 1.